The first-order valence-electron chi connectivity index (χ1n) is 9.46. The van der Waals surface area contributed by atoms with Crippen molar-refractivity contribution >= 4 is 11.8 Å². The number of nitrogens with one attached hydrogen (secondary N) is 1. The van der Waals surface area contributed by atoms with Gasteiger partial charge in [-0.3, -0.25) is 14.5 Å². The number of carbonyl (C=O) groups excluding carboxylic acids is 2. The van der Waals surface area contributed by atoms with E-state index in [1.54, 1.807) is 0 Å². The second kappa shape index (κ2) is 8.48. The van der Waals surface area contributed by atoms with Crippen LogP contribution >= 0.6 is 0 Å². The van der Waals surface area contributed by atoms with Gasteiger partial charge in [-0.2, -0.15) is 0 Å². The molecule has 0 spiro atoms. The summed E-state index contributed by atoms with van der Waals surface area (Å²) in [6.07, 6.45) is 4.07. The first kappa shape index (κ1) is 17.9. The van der Waals surface area contributed by atoms with Gasteiger partial charge in [-0.1, -0.05) is 29.8 Å². The maximum absolute atomic E-state index is 12.6. The highest BCUT2D eigenvalue weighted by Gasteiger charge is 2.25. The first-order chi connectivity index (χ1) is 12.1. The number of nitrogens with zero attached hydrogens (tertiary/aromatic N) is 2. The molecule has 2 saturated heterocycles. The van der Waals surface area contributed by atoms with Gasteiger partial charge >= 0.3 is 0 Å². The lowest BCUT2D eigenvalue weighted by molar-refractivity contribution is -0.130. The van der Waals surface area contributed by atoms with E-state index in [1.165, 1.54) is 5.56 Å². The van der Waals surface area contributed by atoms with Crippen molar-refractivity contribution < 1.29 is 9.59 Å². The molecule has 0 saturated carbocycles. The summed E-state index contributed by atoms with van der Waals surface area (Å²) in [5.41, 5.74) is 2.31. The molecule has 1 aromatic carbocycles. The molecule has 2 amide bonds. The molecule has 0 aliphatic carbocycles. The van der Waals surface area contributed by atoms with E-state index in [0.29, 0.717) is 18.9 Å². The van der Waals surface area contributed by atoms with Crippen molar-refractivity contribution in [1.82, 2.24) is 15.1 Å². The Hall–Kier alpha value is -1.88. The van der Waals surface area contributed by atoms with E-state index < -0.39 is 0 Å². The van der Waals surface area contributed by atoms with Crippen LogP contribution in [-0.4, -0.2) is 60.4 Å². The van der Waals surface area contributed by atoms with Crippen LogP contribution in [0.1, 0.15) is 36.8 Å². The third-order valence-electron chi connectivity index (χ3n) is 5.38. The molecule has 2 fully saturated rings. The average Bonchev–Trinajstić information content (AvgIpc) is 2.97. The third kappa shape index (κ3) is 5.05. The fourth-order valence-corrected chi connectivity index (χ4v) is 3.82. The van der Waals surface area contributed by atoms with E-state index in [4.69, 9.17) is 0 Å². The van der Waals surface area contributed by atoms with Crippen molar-refractivity contribution in [2.45, 2.75) is 45.1 Å². The van der Waals surface area contributed by atoms with Crippen molar-refractivity contribution in [2.75, 3.05) is 32.7 Å². The van der Waals surface area contributed by atoms with Gasteiger partial charge in [-0.05, 0) is 31.7 Å². The molecule has 1 N–H and O–H groups in total. The van der Waals surface area contributed by atoms with E-state index in [2.05, 4.69) is 29.3 Å². The number of rotatable bonds is 3. The van der Waals surface area contributed by atoms with Gasteiger partial charge in [-0.25, -0.2) is 0 Å². The number of hydrogen-bond donors (Lipinski definition) is 1. The molecule has 2 aliphatic heterocycles. The van der Waals surface area contributed by atoms with Crippen LogP contribution in [0.3, 0.4) is 0 Å². The normalized spacial score (nSPS) is 22.8. The Balaban J connectivity index is 1.53. The van der Waals surface area contributed by atoms with Gasteiger partial charge < -0.3 is 10.2 Å². The lowest BCUT2D eigenvalue weighted by atomic mass is 10.1. The molecular formula is C20H29N3O2. The first-order valence-corrected chi connectivity index (χ1v) is 9.46. The second-order valence-corrected chi connectivity index (χ2v) is 7.26. The summed E-state index contributed by atoms with van der Waals surface area (Å²) in [5, 5.41) is 2.96. The van der Waals surface area contributed by atoms with Crippen LogP contribution in [0.15, 0.2) is 24.3 Å². The van der Waals surface area contributed by atoms with Crippen molar-refractivity contribution in [2.24, 2.45) is 0 Å². The molecule has 0 bridgehead atoms. The smallest absolute Gasteiger partial charge is 0.227 e. The van der Waals surface area contributed by atoms with Gasteiger partial charge in [0.05, 0.1) is 6.42 Å². The molecule has 1 atom stereocenters. The molecule has 5 heteroatoms. The summed E-state index contributed by atoms with van der Waals surface area (Å²) in [4.78, 5) is 28.7. The zero-order chi connectivity index (χ0) is 17.6. The number of aryl methyl sites for hydroxylation is 1. The Morgan fingerprint density at radius 2 is 1.92 bits per heavy atom. The average molecular weight is 343 g/mol. The number of hydrogen-bond acceptors (Lipinski definition) is 3. The summed E-state index contributed by atoms with van der Waals surface area (Å²) in [7, 11) is 0. The van der Waals surface area contributed by atoms with Crippen LogP contribution in [0.5, 0.6) is 0 Å². The fraction of sp³-hybridized carbons (Fsp3) is 0.600. The van der Waals surface area contributed by atoms with Gasteiger partial charge in [0.25, 0.3) is 0 Å². The number of benzene rings is 1. The van der Waals surface area contributed by atoms with Crippen molar-refractivity contribution in [3.63, 3.8) is 0 Å². The molecule has 2 aliphatic rings. The van der Waals surface area contributed by atoms with Crippen LogP contribution in [0.25, 0.3) is 0 Å². The van der Waals surface area contributed by atoms with Gasteiger partial charge in [-0.15, -0.1) is 0 Å². The lowest BCUT2D eigenvalue weighted by Gasteiger charge is -2.29. The zero-order valence-corrected chi connectivity index (χ0v) is 15.2. The Labute approximate surface area is 150 Å². The van der Waals surface area contributed by atoms with Crippen LogP contribution in [-0.2, 0) is 16.0 Å². The maximum atomic E-state index is 12.6. The SMILES string of the molecule is Cc1ccc(CC(=O)N2CCCN(C3CCNC(=O)CC3)CC2)cc1. The van der Waals surface area contributed by atoms with Crippen LogP contribution in [0.4, 0.5) is 0 Å². The predicted octanol–water partition coefficient (Wildman–Crippen LogP) is 1.74. The Morgan fingerprint density at radius 1 is 1.12 bits per heavy atom. The van der Waals surface area contributed by atoms with Crippen LogP contribution < -0.4 is 5.32 Å². The molecule has 0 radical (unpaired) electrons. The van der Waals surface area contributed by atoms with Gasteiger partial charge in [0, 0.05) is 45.2 Å². The second-order valence-electron chi connectivity index (χ2n) is 7.26. The molecular weight excluding hydrogens is 314 g/mol. The number of carbonyl (C=O) groups is 2. The minimum atomic E-state index is 0.173. The molecule has 5 nitrogen and oxygen atoms in total. The molecule has 25 heavy (non-hydrogen) atoms. The van der Waals surface area contributed by atoms with Gasteiger partial charge in [0.2, 0.25) is 11.8 Å². The summed E-state index contributed by atoms with van der Waals surface area (Å²) < 4.78 is 0. The van der Waals surface area contributed by atoms with E-state index in [-0.39, 0.29) is 11.8 Å². The molecule has 1 aromatic rings. The Kier molecular flexibility index (Phi) is 6.08. The molecule has 3 rings (SSSR count). The highest BCUT2D eigenvalue weighted by Crippen LogP contribution is 2.17. The zero-order valence-electron chi connectivity index (χ0n) is 15.2. The predicted molar refractivity (Wildman–Crippen MR) is 98.3 cm³/mol. The van der Waals surface area contributed by atoms with E-state index in [9.17, 15) is 9.59 Å². The quantitative estimate of drug-likeness (QED) is 0.910. The summed E-state index contributed by atoms with van der Waals surface area (Å²) in [6, 6.07) is 8.69. The monoisotopic (exact) mass is 343 g/mol. The maximum Gasteiger partial charge on any atom is 0.227 e. The molecule has 1 unspecified atom stereocenters. The van der Waals surface area contributed by atoms with Crippen molar-refractivity contribution in [3.8, 4) is 0 Å². The van der Waals surface area contributed by atoms with Crippen molar-refractivity contribution in [3.05, 3.63) is 35.4 Å². The van der Waals surface area contributed by atoms with E-state index in [1.807, 2.05) is 17.0 Å². The molecule has 0 aromatic heterocycles. The highest BCUT2D eigenvalue weighted by molar-refractivity contribution is 5.78. The third-order valence-corrected chi connectivity index (χ3v) is 5.38. The van der Waals surface area contributed by atoms with Gasteiger partial charge in [0.1, 0.15) is 0 Å². The highest BCUT2D eigenvalue weighted by atomic mass is 16.2. The minimum Gasteiger partial charge on any atom is -0.356 e. The lowest BCUT2D eigenvalue weighted by Crippen LogP contribution is -2.40. The minimum absolute atomic E-state index is 0.173. The number of amides is 2. The van der Waals surface area contributed by atoms with Crippen molar-refractivity contribution in [1.29, 1.82) is 0 Å². The summed E-state index contributed by atoms with van der Waals surface area (Å²) in [5.74, 6) is 0.399. The summed E-state index contributed by atoms with van der Waals surface area (Å²) >= 11 is 0. The Morgan fingerprint density at radius 3 is 2.72 bits per heavy atom. The summed E-state index contributed by atoms with van der Waals surface area (Å²) in [6.45, 7) is 6.40. The van der Waals surface area contributed by atoms with Crippen LogP contribution in [0, 0.1) is 6.92 Å². The standard InChI is InChI=1S/C20H29N3O2/c1-16-3-5-17(6-4-16)15-20(25)23-12-2-11-22(13-14-23)18-7-8-19(24)21-10-9-18/h3-6,18H,2,7-15H2,1H3,(H,21,24). The topological polar surface area (TPSA) is 52.7 Å². The largest absolute Gasteiger partial charge is 0.356 e. The molecule has 136 valence electrons. The van der Waals surface area contributed by atoms with Crippen LogP contribution in [0.2, 0.25) is 0 Å². The molecule has 2 heterocycles. The van der Waals surface area contributed by atoms with E-state index in [0.717, 1.165) is 57.5 Å². The van der Waals surface area contributed by atoms with Gasteiger partial charge in [0.15, 0.2) is 0 Å². The van der Waals surface area contributed by atoms with E-state index >= 15 is 0 Å². The fourth-order valence-electron chi connectivity index (χ4n) is 3.82. The Bertz CT molecular complexity index is 599.